The second-order valence-corrected chi connectivity index (χ2v) is 2.43. The Bertz CT molecular complexity index is 269. The minimum Gasteiger partial charge on any atom is -0.453 e. The second kappa shape index (κ2) is 7.10. The number of aryl methyl sites for hydroxylation is 1. The van der Waals surface area contributed by atoms with Crippen LogP contribution in [0.1, 0.15) is 33.3 Å². The summed E-state index contributed by atoms with van der Waals surface area (Å²) in [5, 5.41) is 0. The standard InChI is InChI=1S/C8H7FO2.2C2H6/c1-5-2-3-6(9)8-7(5)10-4-11-8;2*1-2/h2-3H,4H2,1H3;2*1-2H3. The zero-order valence-corrected chi connectivity index (χ0v) is 10.1. The normalized spacial score (nSPS) is 10.8. The summed E-state index contributed by atoms with van der Waals surface area (Å²) in [6.45, 7) is 9.98. The zero-order valence-electron chi connectivity index (χ0n) is 10.1. The van der Waals surface area contributed by atoms with Crippen LogP contribution in [0.25, 0.3) is 0 Å². The molecule has 0 radical (unpaired) electrons. The molecule has 86 valence electrons. The molecule has 0 saturated carbocycles. The molecule has 0 bridgehead atoms. The van der Waals surface area contributed by atoms with Crippen LogP contribution in [0, 0.1) is 12.7 Å². The lowest BCUT2D eigenvalue weighted by atomic mass is 10.2. The van der Waals surface area contributed by atoms with Crippen LogP contribution >= 0.6 is 0 Å². The monoisotopic (exact) mass is 214 g/mol. The fourth-order valence-corrected chi connectivity index (χ4v) is 1.10. The first kappa shape index (κ1) is 13.8. The van der Waals surface area contributed by atoms with E-state index in [-0.39, 0.29) is 18.4 Å². The number of rotatable bonds is 0. The van der Waals surface area contributed by atoms with E-state index >= 15 is 0 Å². The molecule has 0 aromatic heterocycles. The Hall–Kier alpha value is -1.25. The zero-order chi connectivity index (χ0) is 11.8. The highest BCUT2D eigenvalue weighted by molar-refractivity contribution is 5.48. The van der Waals surface area contributed by atoms with Crippen molar-refractivity contribution in [1.29, 1.82) is 0 Å². The van der Waals surface area contributed by atoms with Crippen molar-refractivity contribution in [3.63, 3.8) is 0 Å². The van der Waals surface area contributed by atoms with E-state index in [1.54, 1.807) is 6.07 Å². The molecular formula is C12H19FO2. The van der Waals surface area contributed by atoms with Gasteiger partial charge in [-0.2, -0.15) is 0 Å². The maximum Gasteiger partial charge on any atom is 0.231 e. The number of hydrogen-bond donors (Lipinski definition) is 0. The highest BCUT2D eigenvalue weighted by Gasteiger charge is 2.19. The van der Waals surface area contributed by atoms with Crippen molar-refractivity contribution in [2.24, 2.45) is 0 Å². The van der Waals surface area contributed by atoms with Crippen molar-refractivity contribution in [1.82, 2.24) is 0 Å². The molecule has 1 aromatic carbocycles. The molecule has 15 heavy (non-hydrogen) atoms. The largest absolute Gasteiger partial charge is 0.453 e. The Morgan fingerprint density at radius 1 is 1.00 bits per heavy atom. The van der Waals surface area contributed by atoms with Gasteiger partial charge in [-0.15, -0.1) is 0 Å². The van der Waals surface area contributed by atoms with Gasteiger partial charge in [0.2, 0.25) is 12.5 Å². The van der Waals surface area contributed by atoms with Gasteiger partial charge in [-0.25, -0.2) is 4.39 Å². The molecule has 2 nitrogen and oxygen atoms in total. The Morgan fingerprint density at radius 2 is 1.53 bits per heavy atom. The van der Waals surface area contributed by atoms with Crippen LogP contribution in [0.4, 0.5) is 4.39 Å². The predicted molar refractivity (Wildman–Crippen MR) is 60.0 cm³/mol. The molecule has 0 saturated heterocycles. The third-order valence-corrected chi connectivity index (χ3v) is 1.67. The second-order valence-electron chi connectivity index (χ2n) is 2.43. The predicted octanol–water partition coefficient (Wildman–Crippen LogP) is 3.92. The number of halogens is 1. The van der Waals surface area contributed by atoms with E-state index in [2.05, 4.69) is 0 Å². The summed E-state index contributed by atoms with van der Waals surface area (Å²) < 4.78 is 22.8. The molecule has 0 unspecified atom stereocenters. The number of hydrogen-bond acceptors (Lipinski definition) is 2. The summed E-state index contributed by atoms with van der Waals surface area (Å²) in [6.07, 6.45) is 0. The van der Waals surface area contributed by atoms with Gasteiger partial charge in [0.15, 0.2) is 11.6 Å². The summed E-state index contributed by atoms with van der Waals surface area (Å²) in [5.41, 5.74) is 0.902. The fraction of sp³-hybridized carbons (Fsp3) is 0.500. The lowest BCUT2D eigenvalue weighted by Crippen LogP contribution is -1.93. The van der Waals surface area contributed by atoms with Gasteiger partial charge in [-0.3, -0.25) is 0 Å². The van der Waals surface area contributed by atoms with Crippen molar-refractivity contribution in [3.05, 3.63) is 23.5 Å². The number of benzene rings is 1. The van der Waals surface area contributed by atoms with E-state index in [4.69, 9.17) is 9.47 Å². The van der Waals surface area contributed by atoms with E-state index in [9.17, 15) is 4.39 Å². The van der Waals surface area contributed by atoms with E-state index in [0.717, 1.165) is 5.56 Å². The van der Waals surface area contributed by atoms with Gasteiger partial charge in [-0.05, 0) is 18.6 Å². The molecule has 0 N–H and O–H groups in total. The average molecular weight is 214 g/mol. The molecular weight excluding hydrogens is 195 g/mol. The van der Waals surface area contributed by atoms with Gasteiger partial charge in [-0.1, -0.05) is 33.8 Å². The van der Waals surface area contributed by atoms with Crippen LogP contribution in [-0.4, -0.2) is 6.79 Å². The fourth-order valence-electron chi connectivity index (χ4n) is 1.10. The van der Waals surface area contributed by atoms with E-state index in [1.807, 2.05) is 34.6 Å². The number of fused-ring (bicyclic) bond motifs is 1. The van der Waals surface area contributed by atoms with Crippen molar-refractivity contribution < 1.29 is 13.9 Å². The minimum atomic E-state index is -0.358. The maximum absolute atomic E-state index is 12.9. The molecule has 2 rings (SSSR count). The molecule has 3 heteroatoms. The van der Waals surface area contributed by atoms with Gasteiger partial charge >= 0.3 is 0 Å². The lowest BCUT2D eigenvalue weighted by Gasteiger charge is -1.99. The molecule has 0 spiro atoms. The van der Waals surface area contributed by atoms with Crippen LogP contribution in [0.2, 0.25) is 0 Å². The Kier molecular flexibility index (Phi) is 6.50. The molecule has 1 aromatic rings. The van der Waals surface area contributed by atoms with Gasteiger partial charge in [0.05, 0.1) is 0 Å². The van der Waals surface area contributed by atoms with Crippen LogP contribution < -0.4 is 9.47 Å². The highest BCUT2D eigenvalue weighted by atomic mass is 19.1. The quantitative estimate of drug-likeness (QED) is 0.651. The van der Waals surface area contributed by atoms with E-state index in [0.29, 0.717) is 5.75 Å². The van der Waals surface area contributed by atoms with E-state index < -0.39 is 0 Å². The molecule has 1 heterocycles. The lowest BCUT2D eigenvalue weighted by molar-refractivity contribution is 0.170. The van der Waals surface area contributed by atoms with Gasteiger partial charge in [0.1, 0.15) is 0 Å². The molecule has 0 amide bonds. The van der Waals surface area contributed by atoms with Gasteiger partial charge < -0.3 is 9.47 Å². The molecule has 1 aliphatic heterocycles. The van der Waals surface area contributed by atoms with Gasteiger partial charge in [0, 0.05) is 0 Å². The molecule has 1 aliphatic rings. The topological polar surface area (TPSA) is 18.5 Å². The third-order valence-electron chi connectivity index (χ3n) is 1.67. The van der Waals surface area contributed by atoms with Crippen LogP contribution in [0.5, 0.6) is 11.5 Å². The molecule has 0 fully saturated rings. The maximum atomic E-state index is 12.9. The first-order chi connectivity index (χ1) is 7.29. The first-order valence-electron chi connectivity index (χ1n) is 5.34. The Labute approximate surface area is 91.0 Å². The third kappa shape index (κ3) is 3.11. The Balaban J connectivity index is 0.000000442. The molecule has 0 aliphatic carbocycles. The first-order valence-corrected chi connectivity index (χ1v) is 5.34. The highest BCUT2D eigenvalue weighted by Crippen LogP contribution is 2.37. The summed E-state index contributed by atoms with van der Waals surface area (Å²) in [6, 6.07) is 3.05. The van der Waals surface area contributed by atoms with Crippen molar-refractivity contribution in [3.8, 4) is 11.5 Å². The van der Waals surface area contributed by atoms with Crippen LogP contribution in [0.3, 0.4) is 0 Å². The van der Waals surface area contributed by atoms with Crippen LogP contribution in [-0.2, 0) is 0 Å². The number of ether oxygens (including phenoxy) is 2. The smallest absolute Gasteiger partial charge is 0.231 e. The van der Waals surface area contributed by atoms with Crippen molar-refractivity contribution in [2.45, 2.75) is 34.6 Å². The van der Waals surface area contributed by atoms with Crippen molar-refractivity contribution >= 4 is 0 Å². The molecule has 0 atom stereocenters. The summed E-state index contributed by atoms with van der Waals surface area (Å²) >= 11 is 0. The van der Waals surface area contributed by atoms with Crippen molar-refractivity contribution in [2.75, 3.05) is 6.79 Å². The Morgan fingerprint density at radius 3 is 2.07 bits per heavy atom. The summed E-state index contributed by atoms with van der Waals surface area (Å²) in [4.78, 5) is 0. The average Bonchev–Trinajstić information content (AvgIpc) is 2.79. The van der Waals surface area contributed by atoms with E-state index in [1.165, 1.54) is 6.07 Å². The van der Waals surface area contributed by atoms with Gasteiger partial charge in [0.25, 0.3) is 0 Å². The summed E-state index contributed by atoms with van der Waals surface area (Å²) in [7, 11) is 0. The summed E-state index contributed by atoms with van der Waals surface area (Å²) in [5.74, 6) is 0.415. The SMILES string of the molecule is CC.CC.Cc1ccc(F)c2c1OCO2. The van der Waals surface area contributed by atoms with Crippen LogP contribution in [0.15, 0.2) is 12.1 Å². The minimum absolute atomic E-state index is 0.122.